The Kier molecular flexibility index (Phi) is 5.78. The third-order valence-electron chi connectivity index (χ3n) is 3.99. The van der Waals surface area contributed by atoms with E-state index in [1.54, 1.807) is 19.4 Å². The smallest absolute Gasteiger partial charge is 0.280 e. The van der Waals surface area contributed by atoms with Gasteiger partial charge in [0, 0.05) is 24.1 Å². The molecule has 0 fully saturated rings. The molecule has 3 aromatic rings. The van der Waals surface area contributed by atoms with Gasteiger partial charge in [0.2, 0.25) is 0 Å². The molecular formula is C20H18F2N4O2. The van der Waals surface area contributed by atoms with Gasteiger partial charge in [-0.1, -0.05) is 12.1 Å². The van der Waals surface area contributed by atoms with Crippen molar-refractivity contribution in [1.29, 1.82) is 0 Å². The minimum atomic E-state index is -1.01. The summed E-state index contributed by atoms with van der Waals surface area (Å²) in [4.78, 5) is 16.1. The highest BCUT2D eigenvalue weighted by Crippen LogP contribution is 2.19. The number of imidazole rings is 1. The molecule has 1 atom stereocenters. The van der Waals surface area contributed by atoms with E-state index in [0.29, 0.717) is 11.8 Å². The normalized spacial score (nSPS) is 12.5. The Morgan fingerprint density at radius 1 is 1.21 bits per heavy atom. The summed E-state index contributed by atoms with van der Waals surface area (Å²) in [7, 11) is 0. The van der Waals surface area contributed by atoms with Gasteiger partial charge in [0.1, 0.15) is 5.82 Å². The molecule has 1 N–H and O–H groups in total. The van der Waals surface area contributed by atoms with E-state index >= 15 is 0 Å². The lowest BCUT2D eigenvalue weighted by Gasteiger charge is -2.14. The number of carbonyl (C=O) groups excluding carboxylic acids is 1. The quantitative estimate of drug-likeness (QED) is 0.523. The van der Waals surface area contributed by atoms with E-state index in [2.05, 4.69) is 15.5 Å². The third-order valence-corrected chi connectivity index (χ3v) is 3.99. The van der Waals surface area contributed by atoms with Crippen LogP contribution >= 0.6 is 0 Å². The molecule has 8 heteroatoms. The van der Waals surface area contributed by atoms with Crippen LogP contribution < -0.4 is 10.2 Å². The summed E-state index contributed by atoms with van der Waals surface area (Å²) in [6, 6.07) is 10.4. The Balaban J connectivity index is 1.61. The number of hydrogen-bond acceptors (Lipinski definition) is 4. The van der Waals surface area contributed by atoms with E-state index in [4.69, 9.17) is 4.74 Å². The van der Waals surface area contributed by atoms with Crippen molar-refractivity contribution < 1.29 is 18.3 Å². The van der Waals surface area contributed by atoms with E-state index in [0.717, 1.165) is 23.4 Å². The molecule has 144 valence electrons. The van der Waals surface area contributed by atoms with Crippen LogP contribution in [0.2, 0.25) is 0 Å². The van der Waals surface area contributed by atoms with Crippen molar-refractivity contribution in [2.45, 2.75) is 20.0 Å². The van der Waals surface area contributed by atoms with Crippen LogP contribution in [0.4, 0.5) is 8.78 Å². The SMILES string of the molecule is C/C(=N/NC(=O)[C@@H](C)Oc1ccc(F)cc1F)c1ccc(-n2ccnc2)cc1. The largest absolute Gasteiger partial charge is 0.478 e. The van der Waals surface area contributed by atoms with Gasteiger partial charge in [-0.05, 0) is 43.7 Å². The second-order valence-electron chi connectivity index (χ2n) is 6.02. The molecule has 0 bridgehead atoms. The van der Waals surface area contributed by atoms with Gasteiger partial charge in [-0.2, -0.15) is 5.10 Å². The first kappa shape index (κ1) is 19.2. The van der Waals surface area contributed by atoms with Gasteiger partial charge < -0.3 is 9.30 Å². The van der Waals surface area contributed by atoms with Crippen molar-refractivity contribution >= 4 is 11.6 Å². The lowest BCUT2D eigenvalue weighted by Crippen LogP contribution is -2.34. The molecule has 0 spiro atoms. The number of rotatable bonds is 6. The molecule has 28 heavy (non-hydrogen) atoms. The molecule has 1 heterocycles. The number of benzene rings is 2. The molecule has 1 amide bonds. The maximum absolute atomic E-state index is 13.6. The maximum atomic E-state index is 13.6. The molecule has 6 nitrogen and oxygen atoms in total. The fraction of sp³-hybridized carbons (Fsp3) is 0.150. The maximum Gasteiger partial charge on any atom is 0.280 e. The van der Waals surface area contributed by atoms with Crippen LogP contribution in [0, 0.1) is 11.6 Å². The fourth-order valence-electron chi connectivity index (χ4n) is 2.40. The Morgan fingerprint density at radius 2 is 1.96 bits per heavy atom. The average Bonchev–Trinajstić information content (AvgIpc) is 3.23. The van der Waals surface area contributed by atoms with Gasteiger partial charge in [-0.25, -0.2) is 19.2 Å². The zero-order valence-electron chi connectivity index (χ0n) is 15.3. The molecule has 0 saturated heterocycles. The molecule has 0 radical (unpaired) electrons. The Bertz CT molecular complexity index is 986. The highest BCUT2D eigenvalue weighted by atomic mass is 19.1. The number of ether oxygens (including phenoxy) is 1. The molecule has 0 unspecified atom stereocenters. The second kappa shape index (κ2) is 8.43. The van der Waals surface area contributed by atoms with Crippen LogP contribution in [0.1, 0.15) is 19.4 Å². The third kappa shape index (κ3) is 4.59. The van der Waals surface area contributed by atoms with E-state index < -0.39 is 23.6 Å². The molecule has 2 aromatic carbocycles. The topological polar surface area (TPSA) is 68.5 Å². The summed E-state index contributed by atoms with van der Waals surface area (Å²) in [5, 5.41) is 4.05. The minimum absolute atomic E-state index is 0.208. The van der Waals surface area contributed by atoms with Crippen LogP contribution in [0.25, 0.3) is 5.69 Å². The summed E-state index contributed by atoms with van der Waals surface area (Å²) >= 11 is 0. The average molecular weight is 384 g/mol. The van der Waals surface area contributed by atoms with Crippen LogP contribution in [-0.4, -0.2) is 27.3 Å². The van der Waals surface area contributed by atoms with Gasteiger partial charge >= 0.3 is 0 Å². The number of halogens is 2. The highest BCUT2D eigenvalue weighted by Gasteiger charge is 2.16. The van der Waals surface area contributed by atoms with Crippen LogP contribution in [-0.2, 0) is 4.79 Å². The van der Waals surface area contributed by atoms with Gasteiger partial charge in [0.25, 0.3) is 5.91 Å². The molecule has 0 aliphatic heterocycles. The van der Waals surface area contributed by atoms with E-state index in [-0.39, 0.29) is 5.75 Å². The van der Waals surface area contributed by atoms with Gasteiger partial charge in [0.15, 0.2) is 17.7 Å². The predicted octanol–water partition coefficient (Wildman–Crippen LogP) is 3.46. The first-order valence-corrected chi connectivity index (χ1v) is 8.48. The monoisotopic (exact) mass is 384 g/mol. The second-order valence-corrected chi connectivity index (χ2v) is 6.02. The standard InChI is InChI=1S/C20H18F2N4O2/c1-13(15-3-6-17(7-4-15)26-10-9-23-12-26)24-25-20(27)14(2)28-19-8-5-16(21)11-18(19)22/h3-12,14H,1-2H3,(H,25,27)/b24-13-/t14-/m1/s1. The number of aromatic nitrogens is 2. The summed E-state index contributed by atoms with van der Waals surface area (Å²) in [5.41, 5.74) is 4.74. The summed E-state index contributed by atoms with van der Waals surface area (Å²) in [5.74, 6) is -2.36. The summed E-state index contributed by atoms with van der Waals surface area (Å²) < 4.78 is 33.6. The van der Waals surface area contributed by atoms with Crippen molar-refractivity contribution in [2.75, 3.05) is 0 Å². The summed E-state index contributed by atoms with van der Waals surface area (Å²) in [6.07, 6.45) is 4.21. The Labute approximate surface area is 160 Å². The van der Waals surface area contributed by atoms with Gasteiger partial charge in [-0.3, -0.25) is 4.79 Å². The Morgan fingerprint density at radius 3 is 2.61 bits per heavy atom. The highest BCUT2D eigenvalue weighted by molar-refractivity contribution is 5.99. The number of carbonyl (C=O) groups is 1. The number of amides is 1. The minimum Gasteiger partial charge on any atom is -0.478 e. The predicted molar refractivity (Wildman–Crippen MR) is 100 cm³/mol. The molecule has 0 saturated carbocycles. The molecular weight excluding hydrogens is 366 g/mol. The van der Waals surface area contributed by atoms with E-state index in [9.17, 15) is 13.6 Å². The number of hydrazone groups is 1. The zero-order valence-corrected chi connectivity index (χ0v) is 15.3. The number of nitrogens with one attached hydrogen (secondary N) is 1. The lowest BCUT2D eigenvalue weighted by molar-refractivity contribution is -0.127. The van der Waals surface area contributed by atoms with Gasteiger partial charge in [-0.15, -0.1) is 0 Å². The van der Waals surface area contributed by atoms with Crippen LogP contribution in [0.5, 0.6) is 5.75 Å². The van der Waals surface area contributed by atoms with Crippen molar-refractivity contribution in [3.8, 4) is 11.4 Å². The van der Waals surface area contributed by atoms with Crippen LogP contribution in [0.3, 0.4) is 0 Å². The number of nitrogens with zero attached hydrogens (tertiary/aromatic N) is 3. The van der Waals surface area contributed by atoms with E-state index in [1.807, 2.05) is 35.0 Å². The van der Waals surface area contributed by atoms with Crippen molar-refractivity contribution in [3.05, 3.63) is 78.4 Å². The first-order chi connectivity index (χ1) is 13.4. The van der Waals surface area contributed by atoms with Gasteiger partial charge in [0.05, 0.1) is 12.0 Å². The molecule has 3 rings (SSSR count). The fourth-order valence-corrected chi connectivity index (χ4v) is 2.40. The van der Waals surface area contributed by atoms with Crippen molar-refractivity contribution in [3.63, 3.8) is 0 Å². The Hall–Kier alpha value is -3.55. The summed E-state index contributed by atoms with van der Waals surface area (Å²) in [6.45, 7) is 3.20. The van der Waals surface area contributed by atoms with Crippen LogP contribution in [0.15, 0.2) is 66.3 Å². The zero-order chi connectivity index (χ0) is 20.1. The van der Waals surface area contributed by atoms with Crippen molar-refractivity contribution in [2.24, 2.45) is 5.10 Å². The lowest BCUT2D eigenvalue weighted by atomic mass is 10.1. The van der Waals surface area contributed by atoms with Crippen molar-refractivity contribution in [1.82, 2.24) is 15.0 Å². The molecule has 1 aromatic heterocycles. The molecule has 0 aliphatic carbocycles. The number of hydrogen-bond donors (Lipinski definition) is 1. The molecule has 0 aliphatic rings. The van der Waals surface area contributed by atoms with E-state index in [1.165, 1.54) is 6.92 Å². The first-order valence-electron chi connectivity index (χ1n) is 8.48.